The van der Waals surface area contributed by atoms with E-state index >= 15 is 0 Å². The summed E-state index contributed by atoms with van der Waals surface area (Å²) in [5.74, 6) is -2.20. The van der Waals surface area contributed by atoms with Crippen molar-refractivity contribution in [2.24, 2.45) is 0 Å². The van der Waals surface area contributed by atoms with Crippen LogP contribution in [0.5, 0.6) is 11.5 Å². The number of imide groups is 1. The summed E-state index contributed by atoms with van der Waals surface area (Å²) in [4.78, 5) is 46.5. The highest BCUT2D eigenvalue weighted by Gasteiger charge is 2.34. The Morgan fingerprint density at radius 1 is 1.03 bits per heavy atom. The van der Waals surface area contributed by atoms with Crippen LogP contribution in [0.25, 0.3) is 6.08 Å². The van der Waals surface area contributed by atoms with Gasteiger partial charge in [-0.2, -0.15) is 0 Å². The molecule has 1 aliphatic heterocycles. The second kappa shape index (κ2) is 9.65. The SMILES string of the molecule is CCOc1cc(/C=C2/NC(=O)N(CC(=O)O)C2=O)ccc1OCc1ccc(C(=O)O)cc1. The van der Waals surface area contributed by atoms with Crippen molar-refractivity contribution in [2.75, 3.05) is 13.2 Å². The van der Waals surface area contributed by atoms with Crippen molar-refractivity contribution in [3.8, 4) is 11.5 Å². The zero-order chi connectivity index (χ0) is 23.3. The molecule has 0 bridgehead atoms. The van der Waals surface area contributed by atoms with Gasteiger partial charge in [0.05, 0.1) is 12.2 Å². The normalized spacial score (nSPS) is 14.4. The molecule has 0 saturated carbocycles. The maximum absolute atomic E-state index is 12.3. The molecule has 0 atom stereocenters. The molecule has 0 spiro atoms. The molecule has 3 amide bonds. The lowest BCUT2D eigenvalue weighted by molar-refractivity contribution is -0.140. The van der Waals surface area contributed by atoms with Crippen LogP contribution >= 0.6 is 0 Å². The lowest BCUT2D eigenvalue weighted by Gasteiger charge is -2.13. The molecule has 32 heavy (non-hydrogen) atoms. The molecule has 1 heterocycles. The topological polar surface area (TPSA) is 142 Å². The fourth-order valence-electron chi connectivity index (χ4n) is 2.92. The molecule has 3 rings (SSSR count). The molecular formula is C22H20N2O8. The van der Waals surface area contributed by atoms with Gasteiger partial charge < -0.3 is 25.0 Å². The number of carbonyl (C=O) groups excluding carboxylic acids is 2. The second-order valence-corrected chi connectivity index (χ2v) is 6.70. The van der Waals surface area contributed by atoms with Crippen LogP contribution in [-0.2, 0) is 16.2 Å². The molecule has 0 aliphatic carbocycles. The highest BCUT2D eigenvalue weighted by molar-refractivity contribution is 6.15. The molecule has 2 aromatic rings. The first-order chi connectivity index (χ1) is 15.3. The monoisotopic (exact) mass is 440 g/mol. The Bertz CT molecular complexity index is 1090. The molecular weight excluding hydrogens is 420 g/mol. The van der Waals surface area contributed by atoms with Crippen LogP contribution in [0.4, 0.5) is 4.79 Å². The van der Waals surface area contributed by atoms with E-state index in [9.17, 15) is 19.2 Å². The van der Waals surface area contributed by atoms with E-state index < -0.39 is 30.4 Å². The first-order valence-corrected chi connectivity index (χ1v) is 9.56. The summed E-state index contributed by atoms with van der Waals surface area (Å²) in [6.07, 6.45) is 1.42. The average molecular weight is 440 g/mol. The highest BCUT2D eigenvalue weighted by atomic mass is 16.5. The molecule has 0 unspecified atom stereocenters. The van der Waals surface area contributed by atoms with Crippen LogP contribution in [0.15, 0.2) is 48.2 Å². The second-order valence-electron chi connectivity index (χ2n) is 6.70. The van der Waals surface area contributed by atoms with E-state index in [-0.39, 0.29) is 17.9 Å². The number of carboxylic acid groups (broad SMARTS) is 2. The van der Waals surface area contributed by atoms with E-state index in [0.717, 1.165) is 5.56 Å². The van der Waals surface area contributed by atoms with Gasteiger partial charge >= 0.3 is 18.0 Å². The molecule has 0 aromatic heterocycles. The summed E-state index contributed by atoms with van der Waals surface area (Å²) in [5.41, 5.74) is 1.43. The summed E-state index contributed by atoms with van der Waals surface area (Å²) in [6, 6.07) is 10.4. The number of nitrogens with zero attached hydrogens (tertiary/aromatic N) is 1. The molecule has 0 radical (unpaired) electrons. The molecule has 1 aliphatic rings. The van der Waals surface area contributed by atoms with Crippen molar-refractivity contribution in [3.05, 3.63) is 64.9 Å². The summed E-state index contributed by atoms with van der Waals surface area (Å²) in [6.45, 7) is 1.60. The minimum Gasteiger partial charge on any atom is -0.490 e. The van der Waals surface area contributed by atoms with E-state index in [0.29, 0.717) is 28.6 Å². The predicted octanol–water partition coefficient (Wildman–Crippen LogP) is 2.34. The average Bonchev–Trinajstić information content (AvgIpc) is 3.00. The minimum absolute atomic E-state index is 0.0501. The number of aliphatic carboxylic acids is 1. The van der Waals surface area contributed by atoms with Crippen LogP contribution in [0.2, 0.25) is 0 Å². The van der Waals surface area contributed by atoms with E-state index in [4.69, 9.17) is 19.7 Å². The van der Waals surface area contributed by atoms with Gasteiger partial charge in [0.1, 0.15) is 18.8 Å². The summed E-state index contributed by atoms with van der Waals surface area (Å²) < 4.78 is 11.4. The number of rotatable bonds is 9. The van der Waals surface area contributed by atoms with E-state index in [1.165, 1.54) is 18.2 Å². The van der Waals surface area contributed by atoms with Crippen molar-refractivity contribution in [1.29, 1.82) is 0 Å². The summed E-state index contributed by atoms with van der Waals surface area (Å²) in [5, 5.41) is 20.2. The fraction of sp³-hybridized carbons (Fsp3) is 0.182. The third-order valence-electron chi connectivity index (χ3n) is 4.43. The number of hydrogen-bond donors (Lipinski definition) is 3. The van der Waals surface area contributed by atoms with Gasteiger partial charge in [-0.15, -0.1) is 0 Å². The van der Waals surface area contributed by atoms with E-state index in [2.05, 4.69) is 5.32 Å². The summed E-state index contributed by atoms with van der Waals surface area (Å²) >= 11 is 0. The lowest BCUT2D eigenvalue weighted by Crippen LogP contribution is -2.35. The lowest BCUT2D eigenvalue weighted by atomic mass is 10.1. The maximum atomic E-state index is 12.3. The molecule has 1 saturated heterocycles. The Morgan fingerprint density at radius 2 is 1.75 bits per heavy atom. The van der Waals surface area contributed by atoms with Crippen molar-refractivity contribution >= 4 is 30.0 Å². The van der Waals surface area contributed by atoms with E-state index in [1.54, 1.807) is 37.3 Å². The number of carbonyl (C=O) groups is 4. The minimum atomic E-state index is -1.30. The maximum Gasteiger partial charge on any atom is 0.335 e. The highest BCUT2D eigenvalue weighted by Crippen LogP contribution is 2.30. The Hall–Kier alpha value is -4.34. The zero-order valence-electron chi connectivity index (χ0n) is 17.0. The third kappa shape index (κ3) is 5.22. The van der Waals surface area contributed by atoms with Gasteiger partial charge in [-0.3, -0.25) is 9.59 Å². The summed E-state index contributed by atoms with van der Waals surface area (Å²) in [7, 11) is 0. The standard InChI is InChI=1S/C22H20N2O8/c1-2-31-18-10-14(9-16-20(27)24(11-19(25)26)22(30)23-16)5-8-17(18)32-12-13-3-6-15(7-4-13)21(28)29/h3-10H,2,11-12H2,1H3,(H,23,30)(H,25,26)(H,28,29)/b16-9+. The van der Waals surface area contributed by atoms with Gasteiger partial charge in [-0.05, 0) is 48.4 Å². The number of nitrogens with one attached hydrogen (secondary N) is 1. The fourth-order valence-corrected chi connectivity index (χ4v) is 2.92. The van der Waals surface area contributed by atoms with Gasteiger partial charge in [0.25, 0.3) is 5.91 Å². The number of aromatic carboxylic acids is 1. The number of hydrogen-bond acceptors (Lipinski definition) is 6. The first-order valence-electron chi connectivity index (χ1n) is 9.56. The molecule has 2 aromatic carbocycles. The zero-order valence-corrected chi connectivity index (χ0v) is 17.0. The van der Waals surface area contributed by atoms with Crippen LogP contribution in [0, 0.1) is 0 Å². The van der Waals surface area contributed by atoms with Crippen molar-refractivity contribution in [1.82, 2.24) is 10.2 Å². The molecule has 3 N–H and O–H groups in total. The number of benzene rings is 2. The van der Waals surface area contributed by atoms with E-state index in [1.807, 2.05) is 0 Å². The Kier molecular flexibility index (Phi) is 6.74. The van der Waals surface area contributed by atoms with Crippen LogP contribution in [0.1, 0.15) is 28.4 Å². The van der Waals surface area contributed by atoms with Gasteiger partial charge in [0.2, 0.25) is 0 Å². The quantitative estimate of drug-likeness (QED) is 0.398. The third-order valence-corrected chi connectivity index (χ3v) is 4.43. The van der Waals surface area contributed by atoms with Gasteiger partial charge in [-0.25, -0.2) is 14.5 Å². The molecule has 166 valence electrons. The van der Waals surface area contributed by atoms with Crippen LogP contribution in [-0.4, -0.2) is 52.1 Å². The molecule has 10 heteroatoms. The predicted molar refractivity (Wildman–Crippen MR) is 111 cm³/mol. The first kappa shape index (κ1) is 22.3. The van der Waals surface area contributed by atoms with Crippen molar-refractivity contribution < 1.29 is 38.9 Å². The number of urea groups is 1. The Morgan fingerprint density at radius 3 is 2.38 bits per heavy atom. The van der Waals surface area contributed by atoms with Gasteiger partial charge in [0, 0.05) is 0 Å². The largest absolute Gasteiger partial charge is 0.490 e. The Balaban J connectivity index is 1.76. The smallest absolute Gasteiger partial charge is 0.335 e. The van der Waals surface area contributed by atoms with Crippen molar-refractivity contribution in [3.63, 3.8) is 0 Å². The molecule has 10 nitrogen and oxygen atoms in total. The van der Waals surface area contributed by atoms with Crippen molar-refractivity contribution in [2.45, 2.75) is 13.5 Å². The van der Waals surface area contributed by atoms with Gasteiger partial charge in [-0.1, -0.05) is 18.2 Å². The molecule has 1 fully saturated rings. The van der Waals surface area contributed by atoms with Gasteiger partial charge in [0.15, 0.2) is 11.5 Å². The number of carboxylic acids is 2. The van der Waals surface area contributed by atoms with Crippen LogP contribution < -0.4 is 14.8 Å². The van der Waals surface area contributed by atoms with Crippen LogP contribution in [0.3, 0.4) is 0 Å². The number of amides is 3. The number of ether oxygens (including phenoxy) is 2. The Labute approximate surface area is 182 Å².